The van der Waals surface area contributed by atoms with Crippen molar-refractivity contribution in [1.82, 2.24) is 14.9 Å². The number of hydrogen-bond donors (Lipinski definition) is 2. The summed E-state index contributed by atoms with van der Waals surface area (Å²) in [6.45, 7) is 4.37. The Labute approximate surface area is 104 Å². The first-order chi connectivity index (χ1) is 7.77. The van der Waals surface area contributed by atoms with Crippen molar-refractivity contribution >= 4 is 27.6 Å². The van der Waals surface area contributed by atoms with Gasteiger partial charge in [-0.05, 0) is 41.9 Å². The summed E-state index contributed by atoms with van der Waals surface area (Å²) in [5.74, 6) is 1.24. The first-order valence-corrected chi connectivity index (χ1v) is 6.29. The average Bonchev–Trinajstić information content (AvgIpc) is 2.77. The quantitative estimate of drug-likeness (QED) is 0.874. The maximum absolute atomic E-state index is 5.67. The third-order valence-electron chi connectivity index (χ3n) is 2.74. The normalized spacial score (nSPS) is 16.6. The highest BCUT2D eigenvalue weighted by Gasteiger charge is 2.11. The number of aromatic nitrogens is 2. The highest BCUT2D eigenvalue weighted by atomic mass is 79.9. The maximum Gasteiger partial charge on any atom is 0.145 e. The number of likely N-dealkylation sites (tertiary alicyclic amines) is 1. The SMILES string of the molecule is Nc1ncnc(NCCN2CCCC2)c1Br. The summed E-state index contributed by atoms with van der Waals surface area (Å²) in [6.07, 6.45) is 4.12. The van der Waals surface area contributed by atoms with Crippen molar-refractivity contribution in [3.8, 4) is 0 Å². The molecule has 1 aliphatic heterocycles. The second kappa shape index (κ2) is 5.45. The zero-order valence-electron chi connectivity index (χ0n) is 9.12. The van der Waals surface area contributed by atoms with E-state index in [0.29, 0.717) is 5.82 Å². The molecule has 0 saturated carbocycles. The molecule has 0 unspecified atom stereocenters. The van der Waals surface area contributed by atoms with Crippen LogP contribution >= 0.6 is 15.9 Å². The van der Waals surface area contributed by atoms with Crippen LogP contribution in [0.25, 0.3) is 0 Å². The van der Waals surface area contributed by atoms with E-state index in [1.54, 1.807) is 0 Å². The minimum Gasteiger partial charge on any atom is -0.383 e. The molecule has 0 radical (unpaired) electrons. The fourth-order valence-electron chi connectivity index (χ4n) is 1.85. The van der Waals surface area contributed by atoms with Gasteiger partial charge >= 0.3 is 0 Å². The first-order valence-electron chi connectivity index (χ1n) is 5.49. The Morgan fingerprint density at radius 3 is 2.88 bits per heavy atom. The van der Waals surface area contributed by atoms with Gasteiger partial charge < -0.3 is 16.0 Å². The molecule has 0 aromatic carbocycles. The van der Waals surface area contributed by atoms with E-state index in [4.69, 9.17) is 5.73 Å². The van der Waals surface area contributed by atoms with Crippen molar-refractivity contribution in [2.24, 2.45) is 0 Å². The molecular formula is C10H16BrN5. The number of anilines is 2. The van der Waals surface area contributed by atoms with Gasteiger partial charge in [-0.2, -0.15) is 0 Å². The van der Waals surface area contributed by atoms with Gasteiger partial charge in [0.25, 0.3) is 0 Å². The molecule has 0 bridgehead atoms. The lowest BCUT2D eigenvalue weighted by molar-refractivity contribution is 0.352. The van der Waals surface area contributed by atoms with Gasteiger partial charge in [0.2, 0.25) is 0 Å². The molecular weight excluding hydrogens is 270 g/mol. The highest BCUT2D eigenvalue weighted by Crippen LogP contribution is 2.23. The predicted molar refractivity (Wildman–Crippen MR) is 68.3 cm³/mol. The molecule has 3 N–H and O–H groups in total. The van der Waals surface area contributed by atoms with E-state index in [9.17, 15) is 0 Å². The molecule has 1 saturated heterocycles. The van der Waals surface area contributed by atoms with Gasteiger partial charge in [0, 0.05) is 13.1 Å². The molecule has 5 nitrogen and oxygen atoms in total. The van der Waals surface area contributed by atoms with Crippen LogP contribution in [0.2, 0.25) is 0 Å². The summed E-state index contributed by atoms with van der Waals surface area (Å²) < 4.78 is 0.747. The Kier molecular flexibility index (Phi) is 3.95. The number of rotatable bonds is 4. The lowest BCUT2D eigenvalue weighted by Crippen LogP contribution is -2.26. The third-order valence-corrected chi connectivity index (χ3v) is 3.52. The van der Waals surface area contributed by atoms with Gasteiger partial charge in [-0.15, -0.1) is 0 Å². The summed E-state index contributed by atoms with van der Waals surface area (Å²) in [4.78, 5) is 10.5. The van der Waals surface area contributed by atoms with Crippen molar-refractivity contribution in [3.05, 3.63) is 10.8 Å². The van der Waals surface area contributed by atoms with Crippen molar-refractivity contribution in [3.63, 3.8) is 0 Å². The zero-order valence-corrected chi connectivity index (χ0v) is 10.7. The van der Waals surface area contributed by atoms with Crippen LogP contribution in [0.5, 0.6) is 0 Å². The van der Waals surface area contributed by atoms with E-state index < -0.39 is 0 Å². The molecule has 16 heavy (non-hydrogen) atoms. The minimum atomic E-state index is 0.471. The number of hydrogen-bond acceptors (Lipinski definition) is 5. The van der Waals surface area contributed by atoms with Crippen LogP contribution in [-0.4, -0.2) is 41.0 Å². The van der Waals surface area contributed by atoms with Crippen LogP contribution in [-0.2, 0) is 0 Å². The van der Waals surface area contributed by atoms with Crippen LogP contribution in [0.15, 0.2) is 10.8 Å². The van der Waals surface area contributed by atoms with Crippen LogP contribution in [0, 0.1) is 0 Å². The Hall–Kier alpha value is -0.880. The molecule has 2 heterocycles. The second-order valence-corrected chi connectivity index (χ2v) is 4.69. The number of nitrogens with two attached hydrogens (primary N) is 1. The molecule has 6 heteroatoms. The van der Waals surface area contributed by atoms with Gasteiger partial charge in [0.15, 0.2) is 0 Å². The van der Waals surface area contributed by atoms with Crippen molar-refractivity contribution < 1.29 is 0 Å². The van der Waals surface area contributed by atoms with Crippen LogP contribution in [0.3, 0.4) is 0 Å². The van der Waals surface area contributed by atoms with E-state index >= 15 is 0 Å². The number of nitrogens with one attached hydrogen (secondary N) is 1. The molecule has 0 atom stereocenters. The lowest BCUT2D eigenvalue weighted by atomic mass is 10.4. The Balaban J connectivity index is 1.82. The summed E-state index contributed by atoms with van der Waals surface area (Å²) >= 11 is 3.37. The first kappa shape index (κ1) is 11.6. The summed E-state index contributed by atoms with van der Waals surface area (Å²) in [5, 5.41) is 3.26. The van der Waals surface area contributed by atoms with E-state index in [2.05, 4.69) is 36.1 Å². The van der Waals surface area contributed by atoms with Crippen LogP contribution in [0.4, 0.5) is 11.6 Å². The molecule has 88 valence electrons. The number of halogens is 1. The van der Waals surface area contributed by atoms with Gasteiger partial charge in [-0.25, -0.2) is 9.97 Å². The monoisotopic (exact) mass is 285 g/mol. The van der Waals surface area contributed by atoms with E-state index in [-0.39, 0.29) is 0 Å². The van der Waals surface area contributed by atoms with Gasteiger partial charge in [0.1, 0.15) is 22.4 Å². The van der Waals surface area contributed by atoms with Gasteiger partial charge in [-0.1, -0.05) is 0 Å². The topological polar surface area (TPSA) is 67.1 Å². The highest BCUT2D eigenvalue weighted by molar-refractivity contribution is 9.10. The Bertz CT molecular complexity index is 351. The smallest absolute Gasteiger partial charge is 0.145 e. The standard InChI is InChI=1S/C10H16BrN5/c11-8-9(12)14-7-15-10(8)13-3-6-16-4-1-2-5-16/h7H,1-6H2,(H3,12,13,14,15). The summed E-state index contributed by atoms with van der Waals surface area (Å²) in [7, 11) is 0. The molecule has 1 aromatic rings. The lowest BCUT2D eigenvalue weighted by Gasteiger charge is -2.15. The molecule has 0 aliphatic carbocycles. The average molecular weight is 286 g/mol. The van der Waals surface area contributed by atoms with E-state index in [1.165, 1.54) is 32.3 Å². The molecule has 1 fully saturated rings. The van der Waals surface area contributed by atoms with Crippen molar-refractivity contribution in [2.75, 3.05) is 37.2 Å². The molecule has 2 rings (SSSR count). The van der Waals surface area contributed by atoms with Crippen LogP contribution < -0.4 is 11.1 Å². The fourth-order valence-corrected chi connectivity index (χ4v) is 2.19. The van der Waals surface area contributed by atoms with Crippen LogP contribution in [0.1, 0.15) is 12.8 Å². The molecule has 0 spiro atoms. The largest absolute Gasteiger partial charge is 0.383 e. The zero-order chi connectivity index (χ0) is 11.4. The van der Waals surface area contributed by atoms with Crippen molar-refractivity contribution in [2.45, 2.75) is 12.8 Å². The van der Waals surface area contributed by atoms with E-state index in [0.717, 1.165) is 23.4 Å². The van der Waals surface area contributed by atoms with Crippen molar-refractivity contribution in [1.29, 1.82) is 0 Å². The minimum absolute atomic E-state index is 0.471. The maximum atomic E-state index is 5.67. The number of nitrogens with zero attached hydrogens (tertiary/aromatic N) is 3. The fraction of sp³-hybridized carbons (Fsp3) is 0.600. The summed E-state index contributed by atoms with van der Waals surface area (Å²) in [5.41, 5.74) is 5.67. The van der Waals surface area contributed by atoms with E-state index in [1.807, 2.05) is 0 Å². The molecule has 1 aromatic heterocycles. The second-order valence-electron chi connectivity index (χ2n) is 3.90. The Morgan fingerprint density at radius 1 is 1.38 bits per heavy atom. The van der Waals surface area contributed by atoms with Gasteiger partial charge in [0.05, 0.1) is 0 Å². The molecule has 0 amide bonds. The Morgan fingerprint density at radius 2 is 2.12 bits per heavy atom. The third kappa shape index (κ3) is 2.82. The number of nitrogen functional groups attached to an aromatic ring is 1. The molecule has 1 aliphatic rings. The summed E-state index contributed by atoms with van der Waals surface area (Å²) in [6, 6.07) is 0. The van der Waals surface area contributed by atoms with Gasteiger partial charge in [-0.3, -0.25) is 0 Å². The predicted octanol–water partition coefficient (Wildman–Crippen LogP) is 1.33.